The van der Waals surface area contributed by atoms with Crippen LogP contribution in [-0.4, -0.2) is 35.1 Å². The number of ether oxygens (including phenoxy) is 3. The number of nitrogens with one attached hydrogen (secondary N) is 1. The molecule has 0 fully saturated rings. The van der Waals surface area contributed by atoms with Crippen molar-refractivity contribution in [1.29, 1.82) is 0 Å². The van der Waals surface area contributed by atoms with Gasteiger partial charge in [0.05, 0.1) is 14.2 Å². The molecule has 0 unspecified atom stereocenters. The summed E-state index contributed by atoms with van der Waals surface area (Å²) in [4.78, 5) is 24.8. The standard InChI is InChI=1S/C20H21N5O4/c1-12-4-6-13(7-5-12)22-20-24-17(23-19(21)25-20)11-29-18(26)15-10-14(27-2)8-9-16(15)28-3/h4-10H,11H2,1-3H3,(H3,21,22,23,24,25). The third-order valence-corrected chi connectivity index (χ3v) is 3.97. The number of aromatic nitrogens is 3. The SMILES string of the molecule is COc1ccc(OC)c(C(=O)OCc2nc(N)nc(Nc3ccc(C)cc3)n2)c1. The lowest BCUT2D eigenvalue weighted by Crippen LogP contribution is -2.12. The van der Waals surface area contributed by atoms with Crippen LogP contribution in [0.5, 0.6) is 11.5 Å². The number of anilines is 3. The average Bonchev–Trinajstić information content (AvgIpc) is 2.72. The second kappa shape index (κ2) is 8.87. The summed E-state index contributed by atoms with van der Waals surface area (Å²) in [5.41, 5.74) is 7.91. The van der Waals surface area contributed by atoms with Crippen molar-refractivity contribution in [2.24, 2.45) is 0 Å². The van der Waals surface area contributed by atoms with Crippen molar-refractivity contribution in [3.8, 4) is 11.5 Å². The first-order valence-electron chi connectivity index (χ1n) is 8.71. The fourth-order valence-corrected chi connectivity index (χ4v) is 2.51. The molecule has 3 N–H and O–H groups in total. The maximum atomic E-state index is 12.5. The Morgan fingerprint density at radius 2 is 1.79 bits per heavy atom. The summed E-state index contributed by atoms with van der Waals surface area (Å²) >= 11 is 0. The molecule has 0 saturated heterocycles. The second-order valence-electron chi connectivity index (χ2n) is 6.07. The van der Waals surface area contributed by atoms with Gasteiger partial charge >= 0.3 is 5.97 Å². The topological polar surface area (TPSA) is 121 Å². The molecule has 2 aromatic carbocycles. The largest absolute Gasteiger partial charge is 0.497 e. The van der Waals surface area contributed by atoms with E-state index in [1.54, 1.807) is 12.1 Å². The summed E-state index contributed by atoms with van der Waals surface area (Å²) in [5, 5.41) is 3.05. The molecule has 0 aliphatic heterocycles. The van der Waals surface area contributed by atoms with E-state index in [-0.39, 0.29) is 29.9 Å². The molecule has 0 spiro atoms. The normalized spacial score (nSPS) is 10.3. The lowest BCUT2D eigenvalue weighted by molar-refractivity contribution is 0.0458. The van der Waals surface area contributed by atoms with Crippen LogP contribution in [-0.2, 0) is 11.3 Å². The highest BCUT2D eigenvalue weighted by Crippen LogP contribution is 2.25. The van der Waals surface area contributed by atoms with Crippen LogP contribution in [0.2, 0.25) is 0 Å². The predicted octanol–water partition coefficient (Wildman–Crippen LogP) is 2.88. The molecular formula is C20H21N5O4. The summed E-state index contributed by atoms with van der Waals surface area (Å²) in [6, 6.07) is 12.5. The average molecular weight is 395 g/mol. The number of benzene rings is 2. The Bertz CT molecular complexity index is 1010. The molecule has 3 rings (SSSR count). The van der Waals surface area contributed by atoms with E-state index < -0.39 is 5.97 Å². The highest BCUT2D eigenvalue weighted by Gasteiger charge is 2.16. The number of carbonyl (C=O) groups excluding carboxylic acids is 1. The molecule has 0 radical (unpaired) electrons. The number of aryl methyl sites for hydroxylation is 1. The first-order valence-corrected chi connectivity index (χ1v) is 8.71. The Morgan fingerprint density at radius 3 is 2.48 bits per heavy atom. The molecule has 9 nitrogen and oxygen atoms in total. The van der Waals surface area contributed by atoms with Gasteiger partial charge in [-0.3, -0.25) is 0 Å². The van der Waals surface area contributed by atoms with Crippen molar-refractivity contribution in [2.75, 3.05) is 25.3 Å². The molecule has 1 heterocycles. The van der Waals surface area contributed by atoms with Crippen LogP contribution in [0.15, 0.2) is 42.5 Å². The number of rotatable bonds is 7. The van der Waals surface area contributed by atoms with Gasteiger partial charge in [0.15, 0.2) is 12.4 Å². The van der Waals surface area contributed by atoms with Crippen molar-refractivity contribution < 1.29 is 19.0 Å². The molecule has 150 valence electrons. The van der Waals surface area contributed by atoms with E-state index in [9.17, 15) is 4.79 Å². The minimum Gasteiger partial charge on any atom is -0.497 e. The van der Waals surface area contributed by atoms with E-state index >= 15 is 0 Å². The minimum atomic E-state index is -0.604. The fraction of sp³-hybridized carbons (Fsp3) is 0.200. The quantitative estimate of drug-likeness (QED) is 0.581. The van der Waals surface area contributed by atoms with Crippen LogP contribution >= 0.6 is 0 Å². The Balaban J connectivity index is 1.73. The van der Waals surface area contributed by atoms with Crippen LogP contribution in [0, 0.1) is 6.92 Å². The van der Waals surface area contributed by atoms with Gasteiger partial charge in [0.2, 0.25) is 11.9 Å². The fourth-order valence-electron chi connectivity index (χ4n) is 2.51. The van der Waals surface area contributed by atoms with Gasteiger partial charge < -0.3 is 25.3 Å². The van der Waals surface area contributed by atoms with E-state index in [0.29, 0.717) is 11.5 Å². The molecule has 9 heteroatoms. The predicted molar refractivity (Wildman–Crippen MR) is 107 cm³/mol. The molecule has 29 heavy (non-hydrogen) atoms. The van der Waals surface area contributed by atoms with E-state index in [1.165, 1.54) is 20.3 Å². The Labute approximate surface area is 167 Å². The van der Waals surface area contributed by atoms with Gasteiger partial charge in [-0.05, 0) is 37.3 Å². The first kappa shape index (κ1) is 19.9. The molecule has 0 amide bonds. The van der Waals surface area contributed by atoms with Gasteiger partial charge in [0.25, 0.3) is 0 Å². The number of esters is 1. The monoisotopic (exact) mass is 395 g/mol. The summed E-state index contributed by atoms with van der Waals surface area (Å²) in [6.45, 7) is 1.81. The first-order chi connectivity index (χ1) is 14.0. The van der Waals surface area contributed by atoms with Crippen LogP contribution in [0.3, 0.4) is 0 Å². The number of hydrogen-bond donors (Lipinski definition) is 2. The number of nitrogens with zero attached hydrogens (tertiary/aromatic N) is 3. The number of methoxy groups -OCH3 is 2. The number of carbonyl (C=O) groups is 1. The maximum Gasteiger partial charge on any atom is 0.342 e. The zero-order chi connectivity index (χ0) is 20.8. The highest BCUT2D eigenvalue weighted by atomic mass is 16.5. The number of hydrogen-bond acceptors (Lipinski definition) is 9. The lowest BCUT2D eigenvalue weighted by atomic mass is 10.2. The van der Waals surface area contributed by atoms with Crippen molar-refractivity contribution in [3.05, 3.63) is 59.4 Å². The van der Waals surface area contributed by atoms with Gasteiger partial charge in [-0.25, -0.2) is 4.79 Å². The molecule has 0 aliphatic rings. The van der Waals surface area contributed by atoms with E-state index in [1.807, 2.05) is 31.2 Å². The Hall–Kier alpha value is -3.88. The van der Waals surface area contributed by atoms with E-state index in [2.05, 4.69) is 20.3 Å². The zero-order valence-electron chi connectivity index (χ0n) is 16.3. The lowest BCUT2D eigenvalue weighted by Gasteiger charge is -2.11. The summed E-state index contributed by atoms with van der Waals surface area (Å²) in [5.74, 6) is 0.750. The summed E-state index contributed by atoms with van der Waals surface area (Å²) < 4.78 is 15.7. The van der Waals surface area contributed by atoms with E-state index in [4.69, 9.17) is 19.9 Å². The van der Waals surface area contributed by atoms with Gasteiger partial charge in [-0.15, -0.1) is 0 Å². The molecule has 1 aromatic heterocycles. The minimum absolute atomic E-state index is 0.0135. The van der Waals surface area contributed by atoms with Crippen LogP contribution in [0.25, 0.3) is 0 Å². The van der Waals surface area contributed by atoms with Gasteiger partial charge in [0, 0.05) is 5.69 Å². The van der Waals surface area contributed by atoms with Gasteiger partial charge in [-0.1, -0.05) is 17.7 Å². The molecular weight excluding hydrogens is 374 g/mol. The summed E-state index contributed by atoms with van der Waals surface area (Å²) in [7, 11) is 2.97. The zero-order valence-corrected chi connectivity index (χ0v) is 16.3. The van der Waals surface area contributed by atoms with Crippen molar-refractivity contribution in [1.82, 2.24) is 15.0 Å². The molecule has 0 atom stereocenters. The number of nitrogen functional groups attached to an aromatic ring is 1. The van der Waals surface area contributed by atoms with Gasteiger partial charge in [-0.2, -0.15) is 15.0 Å². The number of nitrogens with two attached hydrogens (primary N) is 1. The molecule has 0 aliphatic carbocycles. The smallest absolute Gasteiger partial charge is 0.342 e. The Morgan fingerprint density at radius 1 is 1.03 bits per heavy atom. The summed E-state index contributed by atoms with van der Waals surface area (Å²) in [6.07, 6.45) is 0. The van der Waals surface area contributed by atoms with Gasteiger partial charge in [0.1, 0.15) is 17.1 Å². The van der Waals surface area contributed by atoms with Crippen molar-refractivity contribution in [3.63, 3.8) is 0 Å². The van der Waals surface area contributed by atoms with Crippen LogP contribution < -0.4 is 20.5 Å². The second-order valence-corrected chi connectivity index (χ2v) is 6.07. The maximum absolute atomic E-state index is 12.5. The van der Waals surface area contributed by atoms with Crippen molar-refractivity contribution >= 4 is 23.6 Å². The molecule has 3 aromatic rings. The Kier molecular flexibility index (Phi) is 6.08. The third-order valence-electron chi connectivity index (χ3n) is 3.97. The third kappa shape index (κ3) is 5.10. The van der Waals surface area contributed by atoms with Crippen molar-refractivity contribution in [2.45, 2.75) is 13.5 Å². The van der Waals surface area contributed by atoms with Crippen LogP contribution in [0.4, 0.5) is 17.6 Å². The van der Waals surface area contributed by atoms with E-state index in [0.717, 1.165) is 11.3 Å². The molecule has 0 saturated carbocycles. The highest BCUT2D eigenvalue weighted by molar-refractivity contribution is 5.93. The molecule has 0 bridgehead atoms. The van der Waals surface area contributed by atoms with Crippen LogP contribution in [0.1, 0.15) is 21.7 Å².